The van der Waals surface area contributed by atoms with Crippen LogP contribution >= 0.6 is 0 Å². The number of piperidine rings is 1. The summed E-state index contributed by atoms with van der Waals surface area (Å²) in [5.74, 6) is 0.630. The SMILES string of the molecule is Nc1c(N2CCCCCC2)ncnc1N1CCC(C(=O)O)CC1. The van der Waals surface area contributed by atoms with Crippen LogP contribution in [-0.4, -0.2) is 47.2 Å². The zero-order valence-corrected chi connectivity index (χ0v) is 13.4. The minimum absolute atomic E-state index is 0.251. The highest BCUT2D eigenvalue weighted by molar-refractivity contribution is 5.76. The Bertz CT molecular complexity index is 549. The highest BCUT2D eigenvalue weighted by Crippen LogP contribution is 2.32. The second kappa shape index (κ2) is 7.02. The number of aliphatic carboxylic acids is 1. The van der Waals surface area contributed by atoms with Crippen LogP contribution in [0, 0.1) is 5.92 Å². The Morgan fingerprint density at radius 2 is 1.52 bits per heavy atom. The Morgan fingerprint density at radius 3 is 2.04 bits per heavy atom. The molecule has 3 heterocycles. The summed E-state index contributed by atoms with van der Waals surface area (Å²) >= 11 is 0. The summed E-state index contributed by atoms with van der Waals surface area (Å²) in [7, 11) is 0. The molecule has 0 unspecified atom stereocenters. The van der Waals surface area contributed by atoms with Crippen molar-refractivity contribution in [1.82, 2.24) is 9.97 Å². The third kappa shape index (κ3) is 3.48. The lowest BCUT2D eigenvalue weighted by molar-refractivity contribution is -0.142. The third-order valence-electron chi connectivity index (χ3n) is 4.89. The Labute approximate surface area is 136 Å². The molecule has 7 nitrogen and oxygen atoms in total. The number of carboxylic acid groups (broad SMARTS) is 1. The van der Waals surface area contributed by atoms with E-state index in [1.807, 2.05) is 0 Å². The molecular formula is C16H25N5O2. The maximum atomic E-state index is 11.1. The molecular weight excluding hydrogens is 294 g/mol. The molecule has 2 aliphatic rings. The van der Waals surface area contributed by atoms with Crippen molar-refractivity contribution < 1.29 is 9.90 Å². The van der Waals surface area contributed by atoms with Gasteiger partial charge in [0.2, 0.25) is 0 Å². The summed E-state index contributed by atoms with van der Waals surface area (Å²) in [6.45, 7) is 3.33. The Morgan fingerprint density at radius 1 is 1.00 bits per heavy atom. The third-order valence-corrected chi connectivity index (χ3v) is 4.89. The maximum absolute atomic E-state index is 11.1. The quantitative estimate of drug-likeness (QED) is 0.876. The lowest BCUT2D eigenvalue weighted by Crippen LogP contribution is -2.37. The molecule has 7 heteroatoms. The van der Waals surface area contributed by atoms with Gasteiger partial charge in [0, 0.05) is 26.2 Å². The molecule has 2 saturated heterocycles. The van der Waals surface area contributed by atoms with Crippen molar-refractivity contribution in [3.05, 3.63) is 6.33 Å². The van der Waals surface area contributed by atoms with Crippen LogP contribution in [0.4, 0.5) is 17.3 Å². The van der Waals surface area contributed by atoms with E-state index >= 15 is 0 Å². The zero-order valence-electron chi connectivity index (χ0n) is 13.4. The highest BCUT2D eigenvalue weighted by atomic mass is 16.4. The van der Waals surface area contributed by atoms with Gasteiger partial charge in [-0.2, -0.15) is 0 Å². The van der Waals surface area contributed by atoms with Gasteiger partial charge in [-0.15, -0.1) is 0 Å². The van der Waals surface area contributed by atoms with Crippen molar-refractivity contribution in [3.63, 3.8) is 0 Å². The van der Waals surface area contributed by atoms with E-state index in [1.165, 1.54) is 25.7 Å². The van der Waals surface area contributed by atoms with Gasteiger partial charge in [0.05, 0.1) is 5.92 Å². The number of nitrogens with two attached hydrogens (primary N) is 1. The topological polar surface area (TPSA) is 95.6 Å². The highest BCUT2D eigenvalue weighted by Gasteiger charge is 2.27. The standard InChI is InChI=1S/C16H25N5O2/c17-13-14(20-7-3-1-2-4-8-20)18-11-19-15(13)21-9-5-12(6-10-21)16(22)23/h11-12H,1-10,17H2,(H,22,23). The molecule has 0 aliphatic carbocycles. The molecule has 23 heavy (non-hydrogen) atoms. The molecule has 0 radical (unpaired) electrons. The monoisotopic (exact) mass is 319 g/mol. The average Bonchev–Trinajstić information content (AvgIpc) is 2.84. The van der Waals surface area contributed by atoms with Gasteiger partial charge >= 0.3 is 5.97 Å². The number of carboxylic acids is 1. The van der Waals surface area contributed by atoms with E-state index in [9.17, 15) is 4.79 Å². The molecule has 0 aromatic carbocycles. The van der Waals surface area contributed by atoms with Crippen molar-refractivity contribution in [2.75, 3.05) is 41.7 Å². The summed E-state index contributed by atoms with van der Waals surface area (Å²) in [5, 5.41) is 9.12. The zero-order chi connectivity index (χ0) is 16.2. The van der Waals surface area contributed by atoms with Crippen LogP contribution in [0.15, 0.2) is 6.33 Å². The number of hydrogen-bond acceptors (Lipinski definition) is 6. The first-order valence-electron chi connectivity index (χ1n) is 8.50. The molecule has 0 amide bonds. The van der Waals surface area contributed by atoms with Gasteiger partial charge in [-0.25, -0.2) is 9.97 Å². The van der Waals surface area contributed by atoms with E-state index in [0.29, 0.717) is 31.6 Å². The predicted molar refractivity (Wildman–Crippen MR) is 89.7 cm³/mol. The summed E-state index contributed by atoms with van der Waals surface area (Å²) in [4.78, 5) is 24.2. The number of nitrogen functional groups attached to an aromatic ring is 1. The predicted octanol–water partition coefficient (Wildman–Crippen LogP) is 1.74. The number of anilines is 3. The van der Waals surface area contributed by atoms with E-state index in [0.717, 1.165) is 24.7 Å². The van der Waals surface area contributed by atoms with E-state index < -0.39 is 5.97 Å². The first-order valence-corrected chi connectivity index (χ1v) is 8.50. The normalized spacial score (nSPS) is 20.3. The second-order valence-corrected chi connectivity index (χ2v) is 6.44. The Kier molecular flexibility index (Phi) is 4.83. The molecule has 2 aliphatic heterocycles. The molecule has 1 aromatic heterocycles. The fourth-order valence-electron chi connectivity index (χ4n) is 3.50. The van der Waals surface area contributed by atoms with Crippen molar-refractivity contribution >= 4 is 23.3 Å². The van der Waals surface area contributed by atoms with E-state index in [1.54, 1.807) is 6.33 Å². The minimum Gasteiger partial charge on any atom is -0.481 e. The average molecular weight is 319 g/mol. The van der Waals surface area contributed by atoms with Crippen molar-refractivity contribution in [1.29, 1.82) is 0 Å². The van der Waals surface area contributed by atoms with Crippen molar-refractivity contribution in [3.8, 4) is 0 Å². The van der Waals surface area contributed by atoms with Gasteiger partial charge < -0.3 is 20.6 Å². The first kappa shape index (κ1) is 15.8. The van der Waals surface area contributed by atoms with Crippen LogP contribution in [0.2, 0.25) is 0 Å². The Balaban J connectivity index is 1.76. The second-order valence-electron chi connectivity index (χ2n) is 6.44. The summed E-state index contributed by atoms with van der Waals surface area (Å²) in [6.07, 6.45) is 7.71. The number of carbonyl (C=O) groups is 1. The van der Waals surface area contributed by atoms with Crippen LogP contribution in [0.1, 0.15) is 38.5 Å². The van der Waals surface area contributed by atoms with Crippen LogP contribution < -0.4 is 15.5 Å². The molecule has 0 saturated carbocycles. The van der Waals surface area contributed by atoms with Crippen molar-refractivity contribution in [2.45, 2.75) is 38.5 Å². The summed E-state index contributed by atoms with van der Waals surface area (Å²) in [5.41, 5.74) is 6.99. The molecule has 0 bridgehead atoms. The van der Waals surface area contributed by atoms with Crippen LogP contribution in [-0.2, 0) is 4.79 Å². The molecule has 3 rings (SSSR count). The number of rotatable bonds is 3. The van der Waals surface area contributed by atoms with Crippen LogP contribution in [0.3, 0.4) is 0 Å². The lowest BCUT2D eigenvalue weighted by atomic mass is 9.97. The van der Waals surface area contributed by atoms with Crippen LogP contribution in [0.25, 0.3) is 0 Å². The largest absolute Gasteiger partial charge is 0.481 e. The van der Waals surface area contributed by atoms with E-state index in [-0.39, 0.29) is 5.92 Å². The fourth-order valence-corrected chi connectivity index (χ4v) is 3.50. The van der Waals surface area contributed by atoms with Gasteiger partial charge in [0.15, 0.2) is 11.6 Å². The minimum atomic E-state index is -0.703. The summed E-state index contributed by atoms with van der Waals surface area (Å²) < 4.78 is 0. The van der Waals surface area contributed by atoms with Gasteiger partial charge in [0.25, 0.3) is 0 Å². The molecule has 2 fully saturated rings. The van der Waals surface area contributed by atoms with Crippen molar-refractivity contribution in [2.24, 2.45) is 5.92 Å². The van der Waals surface area contributed by atoms with E-state index in [4.69, 9.17) is 10.8 Å². The molecule has 1 aromatic rings. The first-order chi connectivity index (χ1) is 11.2. The molecule has 0 spiro atoms. The number of nitrogens with zero attached hydrogens (tertiary/aromatic N) is 4. The number of aromatic nitrogens is 2. The molecule has 126 valence electrons. The van der Waals surface area contributed by atoms with Gasteiger partial charge in [-0.3, -0.25) is 4.79 Å². The fraction of sp³-hybridized carbons (Fsp3) is 0.688. The van der Waals surface area contributed by atoms with Gasteiger partial charge in [0.1, 0.15) is 12.0 Å². The van der Waals surface area contributed by atoms with Crippen LogP contribution in [0.5, 0.6) is 0 Å². The van der Waals surface area contributed by atoms with Gasteiger partial charge in [-0.1, -0.05) is 12.8 Å². The Hall–Kier alpha value is -2.05. The van der Waals surface area contributed by atoms with E-state index in [2.05, 4.69) is 19.8 Å². The molecule has 0 atom stereocenters. The number of hydrogen-bond donors (Lipinski definition) is 2. The van der Waals surface area contributed by atoms with Gasteiger partial charge in [-0.05, 0) is 25.7 Å². The molecule has 3 N–H and O–H groups in total. The lowest BCUT2D eigenvalue weighted by Gasteiger charge is -2.32. The summed E-state index contributed by atoms with van der Waals surface area (Å²) in [6, 6.07) is 0. The maximum Gasteiger partial charge on any atom is 0.306 e. The smallest absolute Gasteiger partial charge is 0.306 e.